The van der Waals surface area contributed by atoms with E-state index in [-0.39, 0.29) is 45.1 Å². The van der Waals surface area contributed by atoms with E-state index in [0.717, 1.165) is 6.42 Å². The van der Waals surface area contributed by atoms with Crippen LogP contribution in [0.4, 0.5) is 13.2 Å². The molecular formula is C23H19F3N2O4. The van der Waals surface area contributed by atoms with Crippen LogP contribution in [0.3, 0.4) is 0 Å². The van der Waals surface area contributed by atoms with Crippen molar-refractivity contribution in [1.82, 2.24) is 5.32 Å². The summed E-state index contributed by atoms with van der Waals surface area (Å²) in [4.78, 5) is 28.7. The Balaban J connectivity index is 1.99. The van der Waals surface area contributed by atoms with Gasteiger partial charge in [0.25, 0.3) is 0 Å². The monoisotopic (exact) mass is 444 g/mol. The molecule has 2 heterocycles. The van der Waals surface area contributed by atoms with E-state index in [1.807, 2.05) is 0 Å². The maximum atomic E-state index is 13.8. The van der Waals surface area contributed by atoms with Gasteiger partial charge in [0.1, 0.15) is 23.1 Å². The molecule has 9 heteroatoms. The lowest BCUT2D eigenvalue weighted by atomic mass is 9.83. The van der Waals surface area contributed by atoms with E-state index in [9.17, 15) is 22.8 Å². The molecule has 1 aromatic heterocycles. The molecule has 0 spiro atoms. The van der Waals surface area contributed by atoms with Gasteiger partial charge in [0.2, 0.25) is 5.70 Å². The highest BCUT2D eigenvalue weighted by Gasteiger charge is 2.46. The van der Waals surface area contributed by atoms with E-state index in [2.05, 4.69) is 10.2 Å². The number of hydrogen-bond acceptors (Lipinski definition) is 5. The van der Waals surface area contributed by atoms with Crippen LogP contribution in [-0.2, 0) is 9.53 Å². The average Bonchev–Trinajstić information content (AvgIpc) is 2.68. The number of ether oxygens (including phenoxy) is 1. The largest absolute Gasteiger partial charge is 0.461 e. The van der Waals surface area contributed by atoms with Crippen molar-refractivity contribution in [2.75, 3.05) is 0 Å². The molecule has 1 aromatic carbocycles. The third-order valence-corrected chi connectivity index (χ3v) is 5.70. The predicted octanol–water partition coefficient (Wildman–Crippen LogP) is 4.85. The summed E-state index contributed by atoms with van der Waals surface area (Å²) in [6, 6.07) is 5.71. The first-order chi connectivity index (χ1) is 15.1. The number of hydrogen-bond donors (Lipinski definition) is 1. The number of alkyl halides is 3. The molecule has 1 aliphatic carbocycles. The summed E-state index contributed by atoms with van der Waals surface area (Å²) in [5, 5.41) is 2.34. The molecule has 0 saturated heterocycles. The molecule has 2 aromatic rings. The van der Waals surface area contributed by atoms with Gasteiger partial charge in [-0.2, -0.15) is 13.2 Å². The Morgan fingerprint density at radius 2 is 2.00 bits per heavy atom. The Hall–Kier alpha value is -3.54. The number of nitrogens with one attached hydrogen (secondary N) is 1. The second kappa shape index (κ2) is 7.86. The van der Waals surface area contributed by atoms with Gasteiger partial charge in [-0.1, -0.05) is 12.1 Å². The SMILES string of the molecule is [C-]#[N+]C1=C(C(F)(F)F)NC(C)=C(C(=O)OC2CCC2)C1c1cccc2c(=O)cc(C)oc12. The number of para-hydroxylation sites is 1. The Morgan fingerprint density at radius 1 is 1.28 bits per heavy atom. The van der Waals surface area contributed by atoms with Crippen molar-refractivity contribution >= 4 is 16.9 Å². The zero-order valence-corrected chi connectivity index (χ0v) is 17.3. The quantitative estimate of drug-likeness (QED) is 0.541. The lowest BCUT2D eigenvalue weighted by Crippen LogP contribution is -2.36. The molecule has 1 aliphatic heterocycles. The van der Waals surface area contributed by atoms with Crippen LogP contribution >= 0.6 is 0 Å². The van der Waals surface area contributed by atoms with Crippen LogP contribution in [0.1, 0.15) is 43.4 Å². The van der Waals surface area contributed by atoms with Crippen molar-refractivity contribution in [3.8, 4) is 0 Å². The zero-order valence-electron chi connectivity index (χ0n) is 17.3. The molecule has 0 amide bonds. The van der Waals surface area contributed by atoms with Gasteiger partial charge in [-0.15, -0.1) is 0 Å². The topological polar surface area (TPSA) is 72.9 Å². The highest BCUT2D eigenvalue weighted by molar-refractivity contribution is 5.94. The fraction of sp³-hybridized carbons (Fsp3) is 0.348. The number of fused-ring (bicyclic) bond motifs is 1. The van der Waals surface area contributed by atoms with Crippen molar-refractivity contribution in [2.24, 2.45) is 0 Å². The molecule has 1 saturated carbocycles. The summed E-state index contributed by atoms with van der Waals surface area (Å²) in [5.41, 5.74) is -2.34. The first-order valence-electron chi connectivity index (χ1n) is 10.0. The second-order valence-electron chi connectivity index (χ2n) is 7.87. The minimum Gasteiger partial charge on any atom is -0.461 e. The Bertz CT molecular complexity index is 1280. The molecule has 1 atom stereocenters. The maximum Gasteiger partial charge on any atom is 0.421 e. The van der Waals surface area contributed by atoms with Gasteiger partial charge in [0.15, 0.2) is 5.43 Å². The summed E-state index contributed by atoms with van der Waals surface area (Å²) in [5.74, 6) is -1.95. The van der Waals surface area contributed by atoms with E-state index in [1.165, 1.54) is 31.2 Å². The summed E-state index contributed by atoms with van der Waals surface area (Å²) in [6.07, 6.45) is -2.91. The number of halogens is 3. The lowest BCUT2D eigenvalue weighted by Gasteiger charge is -2.32. The van der Waals surface area contributed by atoms with E-state index < -0.39 is 29.5 Å². The number of carbonyl (C=O) groups excluding carboxylic acids is 1. The molecule has 2 aliphatic rings. The maximum absolute atomic E-state index is 13.8. The number of carbonyl (C=O) groups is 1. The number of aryl methyl sites for hydroxylation is 1. The van der Waals surface area contributed by atoms with Crippen LogP contribution < -0.4 is 10.7 Å². The van der Waals surface area contributed by atoms with Crippen molar-refractivity contribution in [1.29, 1.82) is 0 Å². The molecule has 32 heavy (non-hydrogen) atoms. The summed E-state index contributed by atoms with van der Waals surface area (Å²) in [6.45, 7) is 10.4. The van der Waals surface area contributed by atoms with Crippen LogP contribution in [0, 0.1) is 13.5 Å². The normalized spacial score (nSPS) is 19.4. The lowest BCUT2D eigenvalue weighted by molar-refractivity contribution is -0.148. The Morgan fingerprint density at radius 3 is 2.59 bits per heavy atom. The minimum atomic E-state index is -4.86. The fourth-order valence-corrected chi connectivity index (χ4v) is 3.97. The third kappa shape index (κ3) is 3.66. The zero-order chi connectivity index (χ0) is 23.2. The van der Waals surface area contributed by atoms with Crippen molar-refractivity contribution in [2.45, 2.75) is 51.3 Å². The van der Waals surface area contributed by atoms with Gasteiger partial charge in [-0.25, -0.2) is 9.64 Å². The molecule has 6 nitrogen and oxygen atoms in total. The first kappa shape index (κ1) is 21.7. The molecule has 0 radical (unpaired) electrons. The minimum absolute atomic E-state index is 0.0359. The number of dihydropyridines is 1. The molecule has 4 rings (SSSR count). The molecule has 1 fully saturated rings. The van der Waals surface area contributed by atoms with Gasteiger partial charge in [-0.05, 0) is 44.7 Å². The predicted molar refractivity (Wildman–Crippen MR) is 109 cm³/mol. The second-order valence-corrected chi connectivity index (χ2v) is 7.87. The smallest absolute Gasteiger partial charge is 0.421 e. The number of rotatable bonds is 3. The van der Waals surface area contributed by atoms with Gasteiger partial charge >= 0.3 is 12.1 Å². The number of benzene rings is 1. The van der Waals surface area contributed by atoms with E-state index in [4.69, 9.17) is 15.7 Å². The van der Waals surface area contributed by atoms with Crippen LogP contribution in [0.5, 0.6) is 0 Å². The van der Waals surface area contributed by atoms with E-state index in [1.54, 1.807) is 6.92 Å². The highest BCUT2D eigenvalue weighted by atomic mass is 19.4. The number of allylic oxidation sites excluding steroid dienone is 3. The highest BCUT2D eigenvalue weighted by Crippen LogP contribution is 2.45. The fourth-order valence-electron chi connectivity index (χ4n) is 3.97. The van der Waals surface area contributed by atoms with Crippen LogP contribution in [0.2, 0.25) is 0 Å². The van der Waals surface area contributed by atoms with Crippen LogP contribution in [-0.4, -0.2) is 18.2 Å². The van der Waals surface area contributed by atoms with Crippen LogP contribution in [0.25, 0.3) is 15.8 Å². The van der Waals surface area contributed by atoms with E-state index in [0.29, 0.717) is 12.8 Å². The molecule has 0 bridgehead atoms. The van der Waals surface area contributed by atoms with E-state index >= 15 is 0 Å². The summed E-state index contributed by atoms with van der Waals surface area (Å²) >= 11 is 0. The Labute approximate surface area is 181 Å². The molecule has 1 N–H and O–H groups in total. The van der Waals surface area contributed by atoms with Crippen LogP contribution in [0.15, 0.2) is 56.1 Å². The molecule has 166 valence electrons. The van der Waals surface area contributed by atoms with Crippen molar-refractivity contribution in [3.63, 3.8) is 0 Å². The van der Waals surface area contributed by atoms with Gasteiger partial charge < -0.3 is 14.5 Å². The molecule has 1 unspecified atom stereocenters. The summed E-state index contributed by atoms with van der Waals surface area (Å²) < 4.78 is 52.6. The van der Waals surface area contributed by atoms with Gasteiger partial charge in [-0.3, -0.25) is 4.79 Å². The van der Waals surface area contributed by atoms with Gasteiger partial charge in [0, 0.05) is 11.8 Å². The standard InChI is InChI=1S/C23H19F3N2O4/c1-11-10-16(29)14-8-5-9-15(20(14)31-11)18-17(22(30)32-13-6-4-7-13)12(2)28-21(19(18)27-3)23(24,25)26/h5,8-10,13,18,28H,4,6-7H2,1-2H3. The van der Waals surface area contributed by atoms with Crippen molar-refractivity contribution < 1.29 is 27.1 Å². The third-order valence-electron chi connectivity index (χ3n) is 5.70. The number of nitrogens with zero attached hydrogens (tertiary/aromatic N) is 1. The average molecular weight is 444 g/mol. The Kier molecular flexibility index (Phi) is 5.33. The first-order valence-corrected chi connectivity index (χ1v) is 10.0. The summed E-state index contributed by atoms with van der Waals surface area (Å²) in [7, 11) is 0. The van der Waals surface area contributed by atoms with Gasteiger partial charge in [0.05, 0.1) is 23.4 Å². The number of esters is 1. The van der Waals surface area contributed by atoms with Crippen molar-refractivity contribution in [3.05, 3.63) is 79.9 Å². The molecular weight excluding hydrogens is 425 g/mol.